The molecule has 1 rings (SSSR count). The molecule has 0 radical (unpaired) electrons. The van der Waals surface area contributed by atoms with Gasteiger partial charge in [-0.2, -0.15) is 0 Å². The van der Waals surface area contributed by atoms with E-state index in [0.717, 1.165) is 25.7 Å². The second kappa shape index (κ2) is 8.47. The molecular weight excluding hydrogens is 268 g/mol. The van der Waals surface area contributed by atoms with Gasteiger partial charge < -0.3 is 19.7 Å². The minimum Gasteiger partial charge on any atom is -0.368 e. The van der Waals surface area contributed by atoms with Crippen LogP contribution in [0.3, 0.4) is 0 Å². The standard InChI is InChI=1S/C17H34O4/c1-6-17(4,5)21-15(18)11-20-16(19)14-9-7-8-13(10-14)12(2)3/h12-16,18-19H,6-11H2,1-5H3/t13?,14?,15-,16?/m0/s1. The lowest BCUT2D eigenvalue weighted by Crippen LogP contribution is -2.36. The molecule has 1 aliphatic rings. The monoisotopic (exact) mass is 302 g/mol. The molecule has 21 heavy (non-hydrogen) atoms. The van der Waals surface area contributed by atoms with Crippen molar-refractivity contribution in [1.82, 2.24) is 0 Å². The van der Waals surface area contributed by atoms with E-state index in [4.69, 9.17) is 9.47 Å². The van der Waals surface area contributed by atoms with Gasteiger partial charge in [-0.3, -0.25) is 0 Å². The molecule has 0 bridgehead atoms. The van der Waals surface area contributed by atoms with E-state index >= 15 is 0 Å². The quantitative estimate of drug-likeness (QED) is 0.675. The summed E-state index contributed by atoms with van der Waals surface area (Å²) in [7, 11) is 0. The van der Waals surface area contributed by atoms with Crippen LogP contribution in [-0.4, -0.2) is 35.0 Å². The average molecular weight is 302 g/mol. The molecule has 4 heteroatoms. The lowest BCUT2D eigenvalue weighted by molar-refractivity contribution is -0.233. The summed E-state index contributed by atoms with van der Waals surface area (Å²) < 4.78 is 10.9. The molecule has 0 aromatic carbocycles. The summed E-state index contributed by atoms with van der Waals surface area (Å²) in [6.45, 7) is 10.4. The van der Waals surface area contributed by atoms with Gasteiger partial charge in [0, 0.05) is 5.92 Å². The highest BCUT2D eigenvalue weighted by Gasteiger charge is 2.30. The highest BCUT2D eigenvalue weighted by molar-refractivity contribution is 4.76. The number of aliphatic hydroxyl groups is 2. The molecule has 0 aromatic rings. The van der Waals surface area contributed by atoms with Gasteiger partial charge in [0.15, 0.2) is 12.6 Å². The van der Waals surface area contributed by atoms with Crippen molar-refractivity contribution in [3.8, 4) is 0 Å². The number of aliphatic hydroxyl groups excluding tert-OH is 2. The Kier molecular flexibility index (Phi) is 7.62. The third-order valence-corrected chi connectivity index (χ3v) is 4.82. The molecular formula is C17H34O4. The van der Waals surface area contributed by atoms with Crippen molar-refractivity contribution in [3.05, 3.63) is 0 Å². The van der Waals surface area contributed by atoms with Crippen LogP contribution in [0.4, 0.5) is 0 Å². The third-order valence-electron chi connectivity index (χ3n) is 4.82. The van der Waals surface area contributed by atoms with Crippen LogP contribution in [0.1, 0.15) is 66.7 Å². The van der Waals surface area contributed by atoms with Crippen molar-refractivity contribution >= 4 is 0 Å². The summed E-state index contributed by atoms with van der Waals surface area (Å²) >= 11 is 0. The lowest BCUT2D eigenvalue weighted by atomic mass is 9.76. The molecule has 1 fully saturated rings. The largest absolute Gasteiger partial charge is 0.368 e. The summed E-state index contributed by atoms with van der Waals surface area (Å²) in [5, 5.41) is 20.0. The van der Waals surface area contributed by atoms with Crippen LogP contribution in [0, 0.1) is 17.8 Å². The van der Waals surface area contributed by atoms with E-state index in [9.17, 15) is 10.2 Å². The van der Waals surface area contributed by atoms with Gasteiger partial charge in [0.25, 0.3) is 0 Å². The van der Waals surface area contributed by atoms with E-state index in [1.807, 2.05) is 20.8 Å². The molecule has 0 amide bonds. The third kappa shape index (κ3) is 6.64. The molecule has 0 aromatic heterocycles. The van der Waals surface area contributed by atoms with Crippen molar-refractivity contribution in [2.24, 2.45) is 17.8 Å². The van der Waals surface area contributed by atoms with E-state index < -0.39 is 12.6 Å². The fraction of sp³-hybridized carbons (Fsp3) is 1.00. The highest BCUT2D eigenvalue weighted by atomic mass is 16.7. The molecule has 4 nitrogen and oxygen atoms in total. The van der Waals surface area contributed by atoms with Crippen LogP contribution in [0.25, 0.3) is 0 Å². The van der Waals surface area contributed by atoms with E-state index in [-0.39, 0.29) is 18.1 Å². The van der Waals surface area contributed by atoms with E-state index in [0.29, 0.717) is 11.8 Å². The minimum absolute atomic E-state index is 0.0213. The smallest absolute Gasteiger partial charge is 0.178 e. The topological polar surface area (TPSA) is 58.9 Å². The Labute approximate surface area is 129 Å². The van der Waals surface area contributed by atoms with E-state index in [1.165, 1.54) is 6.42 Å². The maximum Gasteiger partial charge on any atom is 0.178 e. The Morgan fingerprint density at radius 2 is 1.76 bits per heavy atom. The molecule has 2 N–H and O–H groups in total. The summed E-state index contributed by atoms with van der Waals surface area (Å²) in [5.41, 5.74) is -0.374. The second-order valence-corrected chi connectivity index (χ2v) is 7.34. The van der Waals surface area contributed by atoms with E-state index in [1.54, 1.807) is 0 Å². The van der Waals surface area contributed by atoms with Gasteiger partial charge in [0.05, 0.1) is 5.60 Å². The molecule has 0 spiro atoms. The zero-order chi connectivity index (χ0) is 16.0. The van der Waals surface area contributed by atoms with Crippen molar-refractivity contribution < 1.29 is 19.7 Å². The Bertz CT molecular complexity index is 291. The fourth-order valence-electron chi connectivity index (χ4n) is 2.93. The fourth-order valence-corrected chi connectivity index (χ4v) is 2.93. The summed E-state index contributed by atoms with van der Waals surface area (Å²) in [5.74, 6) is 1.50. The van der Waals surface area contributed by atoms with Crippen LogP contribution >= 0.6 is 0 Å². The predicted molar refractivity (Wildman–Crippen MR) is 83.7 cm³/mol. The van der Waals surface area contributed by atoms with Crippen molar-refractivity contribution in [1.29, 1.82) is 0 Å². The maximum absolute atomic E-state index is 10.2. The zero-order valence-corrected chi connectivity index (χ0v) is 14.3. The SMILES string of the molecule is CCC(C)(C)O[C@H](O)COC(O)C1CCCC(C(C)C)C1. The first-order valence-corrected chi connectivity index (χ1v) is 8.40. The minimum atomic E-state index is -0.987. The Balaban J connectivity index is 2.34. The van der Waals surface area contributed by atoms with Gasteiger partial charge >= 0.3 is 0 Å². The molecule has 1 saturated carbocycles. The molecule has 1 aliphatic carbocycles. The maximum atomic E-state index is 10.2. The molecule has 0 saturated heterocycles. The molecule has 4 atom stereocenters. The number of hydrogen-bond acceptors (Lipinski definition) is 4. The zero-order valence-electron chi connectivity index (χ0n) is 14.3. The van der Waals surface area contributed by atoms with Crippen LogP contribution in [0.5, 0.6) is 0 Å². The van der Waals surface area contributed by atoms with Crippen LogP contribution < -0.4 is 0 Å². The van der Waals surface area contributed by atoms with Crippen molar-refractivity contribution in [3.63, 3.8) is 0 Å². The normalized spacial score (nSPS) is 26.9. The van der Waals surface area contributed by atoms with Gasteiger partial charge in [0.1, 0.15) is 6.61 Å². The lowest BCUT2D eigenvalue weighted by Gasteiger charge is -2.34. The average Bonchev–Trinajstić information content (AvgIpc) is 2.44. The first-order valence-electron chi connectivity index (χ1n) is 8.40. The summed E-state index contributed by atoms with van der Waals surface area (Å²) in [6, 6.07) is 0. The van der Waals surface area contributed by atoms with Crippen molar-refractivity contribution in [2.75, 3.05) is 6.61 Å². The first kappa shape index (κ1) is 18.9. The molecule has 0 aliphatic heterocycles. The van der Waals surface area contributed by atoms with Gasteiger partial charge in [-0.25, -0.2) is 0 Å². The van der Waals surface area contributed by atoms with Gasteiger partial charge in [0.2, 0.25) is 0 Å². The van der Waals surface area contributed by atoms with E-state index in [2.05, 4.69) is 13.8 Å². The Hall–Kier alpha value is -0.160. The molecule has 0 heterocycles. The molecule has 3 unspecified atom stereocenters. The summed E-state index contributed by atoms with van der Waals surface area (Å²) in [6.07, 6.45) is 3.44. The number of ether oxygens (including phenoxy) is 2. The first-order chi connectivity index (χ1) is 9.75. The van der Waals surface area contributed by atoms with Crippen LogP contribution in [0.15, 0.2) is 0 Å². The van der Waals surface area contributed by atoms with Crippen LogP contribution in [0.2, 0.25) is 0 Å². The van der Waals surface area contributed by atoms with Crippen LogP contribution in [-0.2, 0) is 9.47 Å². The Morgan fingerprint density at radius 3 is 2.33 bits per heavy atom. The second-order valence-electron chi connectivity index (χ2n) is 7.34. The molecule has 126 valence electrons. The highest BCUT2D eigenvalue weighted by Crippen LogP contribution is 2.35. The predicted octanol–water partition coefficient (Wildman–Crippen LogP) is 3.31. The van der Waals surface area contributed by atoms with Gasteiger partial charge in [-0.1, -0.05) is 33.6 Å². The number of hydrogen-bond donors (Lipinski definition) is 2. The van der Waals surface area contributed by atoms with Gasteiger partial charge in [-0.05, 0) is 44.9 Å². The summed E-state index contributed by atoms with van der Waals surface area (Å²) in [4.78, 5) is 0. The van der Waals surface area contributed by atoms with Crippen molar-refractivity contribution in [2.45, 2.75) is 84.9 Å². The Morgan fingerprint density at radius 1 is 1.14 bits per heavy atom. The van der Waals surface area contributed by atoms with Gasteiger partial charge in [-0.15, -0.1) is 0 Å². The number of rotatable bonds is 8.